The fourth-order valence-electron chi connectivity index (χ4n) is 6.41. The van der Waals surface area contributed by atoms with Gasteiger partial charge >= 0.3 is 0 Å². The van der Waals surface area contributed by atoms with E-state index in [-0.39, 0.29) is 0 Å². The van der Waals surface area contributed by atoms with Crippen LogP contribution in [0.1, 0.15) is 44.9 Å². The third-order valence-electron chi connectivity index (χ3n) is 6.51. The molecule has 19 heavy (non-hydrogen) atoms. The molecule has 5 rings (SSSR count). The Kier molecular flexibility index (Phi) is 2.95. The molecule has 4 aliphatic carbocycles. The van der Waals surface area contributed by atoms with Crippen LogP contribution in [0.5, 0.6) is 0 Å². The van der Waals surface area contributed by atoms with Gasteiger partial charge in [0.1, 0.15) is 0 Å². The van der Waals surface area contributed by atoms with E-state index in [1.165, 1.54) is 44.9 Å². The molecule has 4 bridgehead atoms. The maximum absolute atomic E-state index is 5.94. The number of nitrogens with zero attached hydrogens (tertiary/aromatic N) is 1. The molecule has 0 spiro atoms. The Hall–Kier alpha value is -0.120. The number of nitrogens with two attached hydrogens (primary N) is 1. The van der Waals surface area contributed by atoms with Crippen molar-refractivity contribution in [3.05, 3.63) is 0 Å². The van der Waals surface area contributed by atoms with Gasteiger partial charge in [-0.25, -0.2) is 0 Å². The Morgan fingerprint density at radius 3 is 2.37 bits per heavy atom. The van der Waals surface area contributed by atoms with Gasteiger partial charge in [0, 0.05) is 18.6 Å². The van der Waals surface area contributed by atoms with Crippen molar-refractivity contribution >= 4 is 0 Å². The molecule has 5 fully saturated rings. The number of hydrogen-bond donors (Lipinski definition) is 1. The maximum Gasteiger partial charge on any atom is 0.0594 e. The summed E-state index contributed by atoms with van der Waals surface area (Å²) in [6, 6.07) is 0. The lowest BCUT2D eigenvalue weighted by Crippen LogP contribution is -2.65. The fourth-order valence-corrected chi connectivity index (χ4v) is 6.41. The molecule has 2 unspecified atom stereocenters. The smallest absolute Gasteiger partial charge is 0.0594 e. The fraction of sp³-hybridized carbons (Fsp3) is 1.00. The SMILES string of the molecule is NCCC12CC3CC(C1)CC(N1CCOCC1)(C3)C2. The van der Waals surface area contributed by atoms with Gasteiger partial charge in [0.2, 0.25) is 0 Å². The Morgan fingerprint density at radius 1 is 1.05 bits per heavy atom. The molecule has 108 valence electrons. The van der Waals surface area contributed by atoms with Crippen LogP contribution >= 0.6 is 0 Å². The van der Waals surface area contributed by atoms with Crippen molar-refractivity contribution in [2.45, 2.75) is 50.5 Å². The Balaban J connectivity index is 1.62. The molecule has 1 heterocycles. The van der Waals surface area contributed by atoms with Crippen LogP contribution < -0.4 is 5.73 Å². The van der Waals surface area contributed by atoms with E-state index in [1.807, 2.05) is 0 Å². The van der Waals surface area contributed by atoms with Crippen LogP contribution in [0.15, 0.2) is 0 Å². The second-order valence-electron chi connectivity index (χ2n) is 7.82. The van der Waals surface area contributed by atoms with Crippen LogP contribution in [0, 0.1) is 17.3 Å². The molecule has 2 atom stereocenters. The van der Waals surface area contributed by atoms with E-state index < -0.39 is 0 Å². The quantitative estimate of drug-likeness (QED) is 0.847. The Bertz CT molecular complexity index is 337. The summed E-state index contributed by atoms with van der Waals surface area (Å²) in [7, 11) is 0. The second kappa shape index (κ2) is 4.44. The summed E-state index contributed by atoms with van der Waals surface area (Å²) < 4.78 is 5.57. The summed E-state index contributed by atoms with van der Waals surface area (Å²) in [4.78, 5) is 2.80. The van der Waals surface area contributed by atoms with Crippen LogP contribution in [0.3, 0.4) is 0 Å². The first-order chi connectivity index (χ1) is 9.24. The summed E-state index contributed by atoms with van der Waals surface area (Å²) in [6.45, 7) is 5.11. The average molecular weight is 264 g/mol. The molecule has 0 radical (unpaired) electrons. The minimum Gasteiger partial charge on any atom is -0.379 e. The zero-order valence-corrected chi connectivity index (χ0v) is 12.1. The Morgan fingerprint density at radius 2 is 1.74 bits per heavy atom. The molecule has 1 aliphatic heterocycles. The zero-order valence-electron chi connectivity index (χ0n) is 12.1. The van der Waals surface area contributed by atoms with Gasteiger partial charge in [0.25, 0.3) is 0 Å². The lowest BCUT2D eigenvalue weighted by Gasteiger charge is -2.65. The highest BCUT2D eigenvalue weighted by atomic mass is 16.5. The lowest BCUT2D eigenvalue weighted by molar-refractivity contribution is -0.152. The van der Waals surface area contributed by atoms with Crippen molar-refractivity contribution in [2.24, 2.45) is 23.0 Å². The normalized spacial score (nSPS) is 49.7. The maximum atomic E-state index is 5.94. The van der Waals surface area contributed by atoms with Crippen LogP contribution in [0.4, 0.5) is 0 Å². The zero-order chi connectivity index (χ0) is 12.9. The first kappa shape index (κ1) is 12.6. The van der Waals surface area contributed by atoms with Crippen LogP contribution in [-0.2, 0) is 4.74 Å². The van der Waals surface area contributed by atoms with Crippen LogP contribution in [0.25, 0.3) is 0 Å². The van der Waals surface area contributed by atoms with Gasteiger partial charge in [0.05, 0.1) is 13.2 Å². The minimum absolute atomic E-state index is 0.531. The monoisotopic (exact) mass is 264 g/mol. The van der Waals surface area contributed by atoms with Crippen molar-refractivity contribution in [3.63, 3.8) is 0 Å². The molecule has 3 heteroatoms. The number of rotatable bonds is 3. The molecule has 2 N–H and O–H groups in total. The third kappa shape index (κ3) is 1.97. The van der Waals surface area contributed by atoms with Gasteiger partial charge in [-0.15, -0.1) is 0 Å². The van der Waals surface area contributed by atoms with E-state index >= 15 is 0 Å². The van der Waals surface area contributed by atoms with Crippen molar-refractivity contribution in [3.8, 4) is 0 Å². The molecular weight excluding hydrogens is 236 g/mol. The molecule has 5 aliphatic rings. The largest absolute Gasteiger partial charge is 0.379 e. The van der Waals surface area contributed by atoms with Crippen molar-refractivity contribution in [1.29, 1.82) is 0 Å². The van der Waals surface area contributed by atoms with Gasteiger partial charge < -0.3 is 10.5 Å². The van der Waals surface area contributed by atoms with E-state index in [0.29, 0.717) is 11.0 Å². The van der Waals surface area contributed by atoms with Crippen molar-refractivity contribution < 1.29 is 4.74 Å². The van der Waals surface area contributed by atoms with Crippen LogP contribution in [0.2, 0.25) is 0 Å². The second-order valence-corrected chi connectivity index (χ2v) is 7.82. The summed E-state index contributed by atoms with van der Waals surface area (Å²) in [6.07, 6.45) is 10.1. The average Bonchev–Trinajstić information content (AvgIpc) is 2.38. The molecule has 4 saturated carbocycles. The minimum atomic E-state index is 0.531. The number of hydrogen-bond acceptors (Lipinski definition) is 3. The highest BCUT2D eigenvalue weighted by molar-refractivity contribution is 5.12. The molecule has 0 aromatic rings. The van der Waals surface area contributed by atoms with Gasteiger partial charge in [0.15, 0.2) is 0 Å². The predicted molar refractivity (Wildman–Crippen MR) is 75.9 cm³/mol. The van der Waals surface area contributed by atoms with E-state index in [9.17, 15) is 0 Å². The summed E-state index contributed by atoms with van der Waals surface area (Å²) in [5.74, 6) is 1.99. The molecule has 0 aromatic heterocycles. The summed E-state index contributed by atoms with van der Waals surface area (Å²) in [5, 5.41) is 0. The molecule has 1 saturated heterocycles. The first-order valence-electron chi connectivity index (χ1n) is 8.27. The lowest BCUT2D eigenvalue weighted by atomic mass is 9.45. The number of ether oxygens (including phenoxy) is 1. The standard InChI is InChI=1S/C16H28N2O/c17-2-1-15-8-13-7-14(9-15)11-16(10-13,12-15)18-3-5-19-6-4-18/h13-14H,1-12,17H2. The summed E-state index contributed by atoms with van der Waals surface area (Å²) in [5.41, 5.74) is 7.08. The highest BCUT2D eigenvalue weighted by Crippen LogP contribution is 2.64. The van der Waals surface area contributed by atoms with E-state index in [1.54, 1.807) is 0 Å². The molecular formula is C16H28N2O. The van der Waals surface area contributed by atoms with Crippen LogP contribution in [-0.4, -0.2) is 43.3 Å². The topological polar surface area (TPSA) is 38.5 Å². The number of morpholine rings is 1. The van der Waals surface area contributed by atoms with Gasteiger partial charge in [-0.05, 0) is 68.7 Å². The predicted octanol–water partition coefficient (Wildman–Crippen LogP) is 2.01. The van der Waals surface area contributed by atoms with Gasteiger partial charge in [-0.1, -0.05) is 0 Å². The van der Waals surface area contributed by atoms with Crippen molar-refractivity contribution in [1.82, 2.24) is 4.90 Å². The highest BCUT2D eigenvalue weighted by Gasteiger charge is 2.58. The van der Waals surface area contributed by atoms with E-state index in [4.69, 9.17) is 10.5 Å². The van der Waals surface area contributed by atoms with Crippen molar-refractivity contribution in [2.75, 3.05) is 32.8 Å². The van der Waals surface area contributed by atoms with Gasteiger partial charge in [-0.2, -0.15) is 0 Å². The van der Waals surface area contributed by atoms with E-state index in [0.717, 1.165) is 44.7 Å². The van der Waals surface area contributed by atoms with E-state index in [2.05, 4.69) is 4.90 Å². The Labute approximate surface area is 116 Å². The molecule has 0 amide bonds. The first-order valence-corrected chi connectivity index (χ1v) is 8.27. The summed E-state index contributed by atoms with van der Waals surface area (Å²) >= 11 is 0. The van der Waals surface area contributed by atoms with Gasteiger partial charge in [-0.3, -0.25) is 4.90 Å². The molecule has 0 aromatic carbocycles. The molecule has 3 nitrogen and oxygen atoms in total. The third-order valence-corrected chi connectivity index (χ3v) is 6.51.